The number of carbonyl (C=O) groups excluding carboxylic acids is 1. The van der Waals surface area contributed by atoms with Crippen molar-refractivity contribution in [3.05, 3.63) is 59.0 Å². The fourth-order valence-corrected chi connectivity index (χ4v) is 1.65. The maximum atomic E-state index is 8.00. The fourth-order valence-electron chi connectivity index (χ4n) is 1.44. The molecule has 0 spiro atoms. The van der Waals surface area contributed by atoms with E-state index in [1.807, 2.05) is 26.7 Å². The molecule has 0 bridgehead atoms. The second-order valence-electron chi connectivity index (χ2n) is 4.07. The van der Waals surface area contributed by atoms with E-state index < -0.39 is 0 Å². The van der Waals surface area contributed by atoms with Crippen molar-refractivity contribution in [2.24, 2.45) is 0 Å². The number of hydrogen-bond acceptors (Lipinski definition) is 2. The predicted octanol–water partition coefficient (Wildman–Crippen LogP) is 5.61. The van der Waals surface area contributed by atoms with Gasteiger partial charge in [0.05, 0.1) is 0 Å². The Labute approximate surface area is 144 Å². The van der Waals surface area contributed by atoms with Crippen molar-refractivity contribution in [1.82, 2.24) is 0 Å². The monoisotopic (exact) mass is 328 g/mol. The van der Waals surface area contributed by atoms with Gasteiger partial charge in [0.15, 0.2) is 0 Å². The van der Waals surface area contributed by atoms with Gasteiger partial charge in [0.2, 0.25) is 0 Å². The summed E-state index contributed by atoms with van der Waals surface area (Å²) in [6.45, 7) is 16.2. The molecule has 2 N–H and O–H groups in total. The number of allylic oxidation sites excluding steroid dienone is 2. The van der Waals surface area contributed by atoms with Crippen LogP contribution in [0.5, 0.6) is 0 Å². The van der Waals surface area contributed by atoms with Crippen LogP contribution in [0.15, 0.2) is 47.9 Å². The van der Waals surface area contributed by atoms with Gasteiger partial charge in [-0.05, 0) is 30.7 Å². The molecule has 2 nitrogen and oxygen atoms in total. The first-order valence-corrected chi connectivity index (χ1v) is 7.98. The number of rotatable bonds is 4. The minimum Gasteiger partial charge on any atom is -0.412 e. The second-order valence-corrected chi connectivity index (χ2v) is 4.36. The van der Waals surface area contributed by atoms with Crippen molar-refractivity contribution in [2.45, 2.75) is 53.9 Å². The zero-order chi connectivity index (χ0) is 17.1. The van der Waals surface area contributed by atoms with Crippen LogP contribution in [-0.4, -0.2) is 12.3 Å². The van der Waals surface area contributed by atoms with E-state index in [2.05, 4.69) is 64.2 Å². The summed E-state index contributed by atoms with van der Waals surface area (Å²) < 4.78 is 0. The van der Waals surface area contributed by atoms with Crippen molar-refractivity contribution >= 4 is 19.4 Å². The molecule has 1 aromatic rings. The van der Waals surface area contributed by atoms with Gasteiger partial charge in [0.1, 0.15) is 6.79 Å². The van der Waals surface area contributed by atoms with Crippen LogP contribution in [0.1, 0.15) is 53.1 Å². The van der Waals surface area contributed by atoms with Gasteiger partial charge < -0.3 is 10.3 Å². The summed E-state index contributed by atoms with van der Waals surface area (Å²) in [7, 11) is 0. The highest BCUT2D eigenvalue weighted by molar-refractivity contribution is 7.83. The molecule has 130 valence electrons. The smallest absolute Gasteiger partial charge is 0.106 e. The van der Waals surface area contributed by atoms with E-state index in [1.54, 1.807) is 5.41 Å². The van der Waals surface area contributed by atoms with Crippen LogP contribution < -0.4 is 0 Å². The molecule has 1 rings (SSSR count). The molecular formula is C19H36O2S. The van der Waals surface area contributed by atoms with Crippen LogP contribution in [0.2, 0.25) is 0 Å². The molecule has 0 radical (unpaired) electrons. The largest absolute Gasteiger partial charge is 0.412 e. The van der Waals surface area contributed by atoms with Crippen LogP contribution >= 0.6 is 12.6 Å². The normalized spacial score (nSPS) is 8.09. The molecule has 0 aliphatic carbocycles. The topological polar surface area (TPSA) is 48.6 Å². The van der Waals surface area contributed by atoms with E-state index in [0.717, 1.165) is 24.8 Å². The van der Waals surface area contributed by atoms with E-state index in [0.29, 0.717) is 0 Å². The SMILES string of the molecule is C=C(/C=C\S)CCC.C=O.CC.CCc1cccc(C)c1.O.[HH]. The molecule has 1 aromatic carbocycles. The Balaban J connectivity index is -0.0000000723. The molecule has 0 amide bonds. The molecule has 0 saturated carbocycles. The van der Waals surface area contributed by atoms with E-state index in [1.165, 1.54) is 11.1 Å². The molecule has 0 heterocycles. The summed E-state index contributed by atoms with van der Waals surface area (Å²) in [6, 6.07) is 8.61. The van der Waals surface area contributed by atoms with Crippen molar-refractivity contribution < 1.29 is 11.7 Å². The Kier molecular flexibility index (Phi) is 32.3. The molecule has 0 aliphatic rings. The molecule has 3 heteroatoms. The molecular weight excluding hydrogens is 292 g/mol. The quantitative estimate of drug-likeness (QED) is 0.567. The summed E-state index contributed by atoms with van der Waals surface area (Å²) in [5, 5.41) is 1.72. The zero-order valence-electron chi connectivity index (χ0n) is 14.9. The molecule has 0 aliphatic heterocycles. The van der Waals surface area contributed by atoms with Crippen LogP contribution in [0, 0.1) is 6.92 Å². The Morgan fingerprint density at radius 3 is 2.14 bits per heavy atom. The van der Waals surface area contributed by atoms with Crippen LogP contribution in [0.4, 0.5) is 0 Å². The van der Waals surface area contributed by atoms with Crippen LogP contribution in [0.25, 0.3) is 0 Å². The van der Waals surface area contributed by atoms with E-state index in [9.17, 15) is 0 Å². The van der Waals surface area contributed by atoms with Crippen molar-refractivity contribution in [3.8, 4) is 0 Å². The lowest BCUT2D eigenvalue weighted by molar-refractivity contribution is -0.0979. The van der Waals surface area contributed by atoms with Gasteiger partial charge in [0, 0.05) is 1.43 Å². The molecule has 0 unspecified atom stereocenters. The number of aryl methyl sites for hydroxylation is 2. The molecule has 0 atom stereocenters. The van der Waals surface area contributed by atoms with Crippen molar-refractivity contribution in [3.63, 3.8) is 0 Å². The van der Waals surface area contributed by atoms with Crippen molar-refractivity contribution in [1.29, 1.82) is 0 Å². The first-order valence-electron chi connectivity index (χ1n) is 7.47. The van der Waals surface area contributed by atoms with E-state index in [-0.39, 0.29) is 6.90 Å². The first-order chi connectivity index (χ1) is 10.1. The third-order valence-electron chi connectivity index (χ3n) is 2.37. The summed E-state index contributed by atoms with van der Waals surface area (Å²) in [4.78, 5) is 8.00. The maximum absolute atomic E-state index is 8.00. The van der Waals surface area contributed by atoms with Crippen LogP contribution in [0.3, 0.4) is 0 Å². The van der Waals surface area contributed by atoms with Gasteiger partial charge in [-0.3, -0.25) is 0 Å². The number of thiol groups is 1. The average Bonchev–Trinajstić information content (AvgIpc) is 2.52. The first kappa shape index (κ1) is 28.8. The lowest BCUT2D eigenvalue weighted by Gasteiger charge is -1.95. The highest BCUT2D eigenvalue weighted by Gasteiger charge is 1.85. The third kappa shape index (κ3) is 21.0. The Morgan fingerprint density at radius 1 is 1.27 bits per heavy atom. The molecule has 22 heavy (non-hydrogen) atoms. The lowest BCUT2D eigenvalue weighted by Crippen LogP contribution is -1.78. The summed E-state index contributed by atoms with van der Waals surface area (Å²) in [5.41, 5.74) is 3.94. The summed E-state index contributed by atoms with van der Waals surface area (Å²) in [5.74, 6) is 0. The van der Waals surface area contributed by atoms with Gasteiger partial charge in [0.25, 0.3) is 0 Å². The van der Waals surface area contributed by atoms with Gasteiger partial charge in [-0.25, -0.2) is 0 Å². The maximum Gasteiger partial charge on any atom is 0.106 e. The van der Waals surface area contributed by atoms with E-state index >= 15 is 0 Å². The second kappa shape index (κ2) is 24.7. The van der Waals surface area contributed by atoms with Gasteiger partial charge in [-0.15, -0.1) is 0 Å². The number of carbonyl (C=O) groups is 1. The Bertz CT molecular complexity index is 379. The molecule has 0 saturated heterocycles. The van der Waals surface area contributed by atoms with E-state index in [4.69, 9.17) is 4.79 Å². The lowest BCUT2D eigenvalue weighted by atomic mass is 10.1. The fraction of sp³-hybridized carbons (Fsp3) is 0.421. The average molecular weight is 329 g/mol. The highest BCUT2D eigenvalue weighted by atomic mass is 32.1. The number of benzene rings is 1. The third-order valence-corrected chi connectivity index (χ3v) is 2.52. The van der Waals surface area contributed by atoms with Gasteiger partial charge in [-0.1, -0.05) is 82.2 Å². The standard InChI is InChI=1S/C9H12.C7H12S.C2H6.CH2O.H2O.H2/c1-3-9-6-4-5-8(2)7-9;1-3-4-7(2)5-6-8;2*1-2;;/h4-7H,3H2,1-2H3;5-6,8H,2-4H2,1H3;1-2H3;1H2;1H2;1H/b;6-5-;;;;. The Hall–Kier alpha value is -1.32. The van der Waals surface area contributed by atoms with Crippen LogP contribution in [-0.2, 0) is 11.2 Å². The highest BCUT2D eigenvalue weighted by Crippen LogP contribution is 2.03. The van der Waals surface area contributed by atoms with Gasteiger partial charge >= 0.3 is 0 Å². The molecule has 0 fully saturated rings. The van der Waals surface area contributed by atoms with Gasteiger partial charge in [-0.2, -0.15) is 12.6 Å². The minimum absolute atomic E-state index is 0. The predicted molar refractivity (Wildman–Crippen MR) is 107 cm³/mol. The summed E-state index contributed by atoms with van der Waals surface area (Å²) in [6.07, 6.45) is 5.31. The zero-order valence-corrected chi connectivity index (χ0v) is 15.7. The number of hydrogen-bond donors (Lipinski definition) is 1. The molecule has 0 aromatic heterocycles. The van der Waals surface area contributed by atoms with Crippen molar-refractivity contribution in [2.75, 3.05) is 0 Å². The Morgan fingerprint density at radius 2 is 1.82 bits per heavy atom. The summed E-state index contributed by atoms with van der Waals surface area (Å²) >= 11 is 3.91. The minimum atomic E-state index is 0.